The zero-order valence-corrected chi connectivity index (χ0v) is 35.5. The van der Waals surface area contributed by atoms with Crippen LogP contribution in [0.25, 0.3) is 0 Å². The van der Waals surface area contributed by atoms with Gasteiger partial charge < -0.3 is 35.4 Å². The number of epoxide rings is 1. The lowest BCUT2D eigenvalue weighted by Crippen LogP contribution is -2.59. The van der Waals surface area contributed by atoms with Crippen LogP contribution in [0.5, 0.6) is 0 Å². The van der Waals surface area contributed by atoms with Crippen molar-refractivity contribution in [1.29, 1.82) is 0 Å². The van der Waals surface area contributed by atoms with Gasteiger partial charge in [-0.15, -0.1) is 0 Å². The van der Waals surface area contributed by atoms with E-state index >= 15 is 0 Å². The SMILES string of the molecule is CC(C)C[C@H](NC(=O)[C@H](CCc1ccccc1)NC(=O)Cc1cc(CN2CCN(C)CC2)on1)C(=O)N[C@@H](Cc1ccccc1)C(=O)N[C@@H](CC(C)C)C(=O)C1(C)CO1. The third-order valence-corrected chi connectivity index (χ3v) is 10.8. The number of hydrogen-bond acceptors (Lipinski definition) is 10. The van der Waals surface area contributed by atoms with Crippen LogP contribution in [0.15, 0.2) is 71.3 Å². The highest BCUT2D eigenvalue weighted by Gasteiger charge is 2.50. The van der Waals surface area contributed by atoms with Gasteiger partial charge in [0.05, 0.1) is 31.3 Å². The van der Waals surface area contributed by atoms with Crippen LogP contribution in [0.4, 0.5) is 0 Å². The molecule has 0 bridgehead atoms. The molecule has 4 N–H and O–H groups in total. The standard InChI is InChI=1S/C45H63N7O7/c1-30(2)23-37(41(54)45(5)29-58-45)47-44(57)39(25-33-15-11-8-12-16-33)49-43(56)38(24-31(3)4)48-42(55)36(18-17-32-13-9-7-10-14-32)46-40(53)27-34-26-35(59-50-34)28-52-21-19-51(6)20-22-52/h7-16,26,30-31,36-39H,17-25,27-29H2,1-6H3,(H,46,53)(H,47,57)(H,48,55)(H,49,56)/t36-,37-,38-,39-,45?/m0/s1. The summed E-state index contributed by atoms with van der Waals surface area (Å²) >= 11 is 0. The third-order valence-electron chi connectivity index (χ3n) is 10.8. The number of ketones is 1. The van der Waals surface area contributed by atoms with Crippen LogP contribution in [0.1, 0.15) is 76.5 Å². The highest BCUT2D eigenvalue weighted by atomic mass is 16.6. The first-order chi connectivity index (χ1) is 28.2. The maximum atomic E-state index is 14.2. The molecule has 0 spiro atoms. The number of piperazine rings is 1. The van der Waals surface area contributed by atoms with Crippen molar-refractivity contribution >= 4 is 29.4 Å². The molecule has 2 aromatic carbocycles. The minimum absolute atomic E-state index is 0.00986. The number of Topliss-reactive ketones (excluding diaryl/α,β-unsaturated/α-hetero) is 1. The van der Waals surface area contributed by atoms with E-state index in [-0.39, 0.29) is 43.3 Å². The first-order valence-electron chi connectivity index (χ1n) is 21.0. The van der Waals surface area contributed by atoms with Crippen LogP contribution in [0.3, 0.4) is 0 Å². The molecular formula is C45H63N7O7. The summed E-state index contributed by atoms with van der Waals surface area (Å²) in [4.78, 5) is 73.9. The van der Waals surface area contributed by atoms with E-state index in [2.05, 4.69) is 43.3 Å². The molecule has 0 saturated carbocycles. The number of aryl methyl sites for hydroxylation is 1. The van der Waals surface area contributed by atoms with Gasteiger partial charge in [-0.2, -0.15) is 0 Å². The van der Waals surface area contributed by atoms with Crippen molar-refractivity contribution in [2.24, 2.45) is 11.8 Å². The first-order valence-corrected chi connectivity index (χ1v) is 21.0. The second kappa shape index (κ2) is 21.4. The second-order valence-corrected chi connectivity index (χ2v) is 17.2. The number of carbonyl (C=O) groups is 5. The molecule has 1 aromatic heterocycles. The van der Waals surface area contributed by atoms with Gasteiger partial charge in [0.15, 0.2) is 11.5 Å². The van der Waals surface area contributed by atoms with Gasteiger partial charge in [-0.25, -0.2) is 0 Å². The van der Waals surface area contributed by atoms with Gasteiger partial charge in [0.25, 0.3) is 0 Å². The fraction of sp³-hybridized carbons (Fsp3) is 0.556. The molecule has 0 aliphatic carbocycles. The molecule has 59 heavy (non-hydrogen) atoms. The Hall–Kier alpha value is -4.92. The lowest BCUT2D eigenvalue weighted by molar-refractivity contribution is -0.135. The summed E-state index contributed by atoms with van der Waals surface area (Å²) < 4.78 is 11.0. The van der Waals surface area contributed by atoms with Gasteiger partial charge >= 0.3 is 0 Å². The van der Waals surface area contributed by atoms with E-state index < -0.39 is 53.4 Å². The van der Waals surface area contributed by atoms with Crippen LogP contribution >= 0.6 is 0 Å². The number of amides is 4. The van der Waals surface area contributed by atoms with Crippen LogP contribution in [-0.4, -0.2) is 114 Å². The number of hydrogen-bond donors (Lipinski definition) is 4. The maximum absolute atomic E-state index is 14.2. The summed E-state index contributed by atoms with van der Waals surface area (Å²) in [7, 11) is 2.10. The van der Waals surface area contributed by atoms with E-state index in [9.17, 15) is 24.0 Å². The van der Waals surface area contributed by atoms with Gasteiger partial charge in [-0.05, 0) is 62.6 Å². The van der Waals surface area contributed by atoms with Crippen LogP contribution in [-0.2, 0) is 54.5 Å². The van der Waals surface area contributed by atoms with E-state index in [0.29, 0.717) is 37.4 Å². The molecule has 2 fully saturated rings. The lowest BCUT2D eigenvalue weighted by atomic mass is 9.93. The Bertz CT molecular complexity index is 1840. The average Bonchev–Trinajstić information content (AvgIpc) is 3.81. The number of carbonyl (C=O) groups excluding carboxylic acids is 5. The zero-order valence-electron chi connectivity index (χ0n) is 35.5. The predicted molar refractivity (Wildman–Crippen MR) is 224 cm³/mol. The van der Waals surface area contributed by atoms with Gasteiger partial charge in [0, 0.05) is 38.7 Å². The topological polar surface area (TPSA) is 179 Å². The molecule has 2 aliphatic heterocycles. The third kappa shape index (κ3) is 14.4. The van der Waals surface area contributed by atoms with Crippen molar-refractivity contribution in [3.8, 4) is 0 Å². The van der Waals surface area contributed by atoms with E-state index in [1.807, 2.05) is 88.4 Å². The van der Waals surface area contributed by atoms with Gasteiger partial charge in [0.2, 0.25) is 23.6 Å². The number of ether oxygens (including phenoxy) is 1. The normalized spacial score (nSPS) is 19.1. The van der Waals surface area contributed by atoms with Crippen molar-refractivity contribution in [2.45, 2.75) is 109 Å². The highest BCUT2D eigenvalue weighted by molar-refractivity contribution is 5.98. The summed E-state index contributed by atoms with van der Waals surface area (Å²) in [6.07, 6.45) is 1.53. The number of likely N-dealkylation sites (N-methyl/N-ethyl adjacent to an activating group) is 1. The minimum atomic E-state index is -1.05. The van der Waals surface area contributed by atoms with E-state index in [1.54, 1.807) is 13.0 Å². The second-order valence-electron chi connectivity index (χ2n) is 17.2. The quantitative estimate of drug-likeness (QED) is 0.110. The average molecular weight is 814 g/mol. The highest BCUT2D eigenvalue weighted by Crippen LogP contribution is 2.29. The van der Waals surface area contributed by atoms with E-state index in [1.165, 1.54) is 0 Å². The number of aromatic nitrogens is 1. The molecule has 2 aliphatic rings. The van der Waals surface area contributed by atoms with Crippen LogP contribution in [0, 0.1) is 11.8 Å². The van der Waals surface area contributed by atoms with Gasteiger partial charge in [-0.3, -0.25) is 28.9 Å². The first kappa shape index (κ1) is 45.2. The molecule has 4 amide bonds. The number of rotatable bonds is 22. The molecule has 2 saturated heterocycles. The van der Waals surface area contributed by atoms with Gasteiger partial charge in [-0.1, -0.05) is 93.5 Å². The molecule has 3 aromatic rings. The summed E-state index contributed by atoms with van der Waals surface area (Å²) in [5, 5.41) is 15.8. The molecule has 14 nitrogen and oxygen atoms in total. The summed E-state index contributed by atoms with van der Waals surface area (Å²) in [5.41, 5.74) is 1.33. The summed E-state index contributed by atoms with van der Waals surface area (Å²) in [6, 6.07) is 16.9. The maximum Gasteiger partial charge on any atom is 0.243 e. The Balaban J connectivity index is 1.29. The van der Waals surface area contributed by atoms with Crippen LogP contribution < -0.4 is 21.3 Å². The smallest absolute Gasteiger partial charge is 0.243 e. The molecule has 5 atom stereocenters. The lowest BCUT2D eigenvalue weighted by Gasteiger charge is -2.31. The van der Waals surface area contributed by atoms with Crippen LogP contribution in [0.2, 0.25) is 0 Å². The van der Waals surface area contributed by atoms with E-state index in [0.717, 1.165) is 37.3 Å². The Labute approximate surface area is 348 Å². The molecule has 14 heteroatoms. The Morgan fingerprint density at radius 1 is 0.729 bits per heavy atom. The summed E-state index contributed by atoms with van der Waals surface area (Å²) in [5.74, 6) is -1.41. The van der Waals surface area contributed by atoms with Crippen molar-refractivity contribution in [3.05, 3.63) is 89.3 Å². The van der Waals surface area contributed by atoms with Crippen molar-refractivity contribution in [1.82, 2.24) is 36.2 Å². The molecule has 0 radical (unpaired) electrons. The fourth-order valence-electron chi connectivity index (χ4n) is 7.28. The number of nitrogens with zero attached hydrogens (tertiary/aromatic N) is 3. The monoisotopic (exact) mass is 813 g/mol. The van der Waals surface area contributed by atoms with E-state index in [4.69, 9.17) is 9.26 Å². The molecule has 320 valence electrons. The largest absolute Gasteiger partial charge is 0.361 e. The zero-order chi connectivity index (χ0) is 42.5. The fourth-order valence-corrected chi connectivity index (χ4v) is 7.28. The predicted octanol–water partition coefficient (Wildman–Crippen LogP) is 3.23. The number of nitrogens with one attached hydrogen (secondary N) is 4. The number of benzene rings is 2. The van der Waals surface area contributed by atoms with Crippen molar-refractivity contribution in [3.63, 3.8) is 0 Å². The summed E-state index contributed by atoms with van der Waals surface area (Å²) in [6.45, 7) is 14.2. The van der Waals surface area contributed by atoms with Crippen molar-refractivity contribution in [2.75, 3.05) is 39.8 Å². The minimum Gasteiger partial charge on any atom is -0.361 e. The van der Waals surface area contributed by atoms with Gasteiger partial charge in [0.1, 0.15) is 23.7 Å². The molecule has 3 heterocycles. The molecule has 5 rings (SSSR count). The van der Waals surface area contributed by atoms with Crippen molar-refractivity contribution < 1.29 is 33.2 Å². The Kier molecular flexibility index (Phi) is 16.4. The Morgan fingerprint density at radius 2 is 1.27 bits per heavy atom. The molecule has 1 unspecified atom stereocenters. The molecular weight excluding hydrogens is 751 g/mol. The Morgan fingerprint density at radius 3 is 1.88 bits per heavy atom.